The summed E-state index contributed by atoms with van der Waals surface area (Å²) in [4.78, 5) is 14.2. The molecule has 0 radical (unpaired) electrons. The summed E-state index contributed by atoms with van der Waals surface area (Å²) in [5, 5.41) is 13.3. The zero-order valence-corrected chi connectivity index (χ0v) is 12.3. The minimum Gasteiger partial charge on any atom is -0.391 e. The first-order chi connectivity index (χ1) is 9.63. The number of hydrogen-bond acceptors (Lipinski definition) is 3. The standard InChI is InChI=1S/C16H24N2O2/c1-3-17-13-10-8-12(9-11-13)16(20)18(2)14-6-4-5-7-15(14)19/h8-11,14-15,17,19H,3-7H2,1-2H3. The molecule has 1 saturated carbocycles. The minimum absolute atomic E-state index is 0.0148. The molecule has 20 heavy (non-hydrogen) atoms. The van der Waals surface area contributed by atoms with Gasteiger partial charge in [-0.05, 0) is 44.0 Å². The van der Waals surface area contributed by atoms with Crippen LogP contribution in [0.25, 0.3) is 0 Å². The van der Waals surface area contributed by atoms with E-state index in [1.165, 1.54) is 0 Å². The minimum atomic E-state index is -0.390. The molecule has 4 nitrogen and oxygen atoms in total. The molecular formula is C16H24N2O2. The molecule has 0 spiro atoms. The maximum Gasteiger partial charge on any atom is 0.253 e. The Morgan fingerprint density at radius 1 is 1.30 bits per heavy atom. The number of aliphatic hydroxyl groups is 1. The Morgan fingerprint density at radius 3 is 2.55 bits per heavy atom. The van der Waals surface area contributed by atoms with Gasteiger partial charge in [0.2, 0.25) is 0 Å². The summed E-state index contributed by atoms with van der Waals surface area (Å²) in [6.45, 7) is 2.90. The smallest absolute Gasteiger partial charge is 0.253 e. The number of rotatable bonds is 4. The fourth-order valence-corrected chi connectivity index (χ4v) is 2.83. The van der Waals surface area contributed by atoms with Crippen molar-refractivity contribution in [3.8, 4) is 0 Å². The molecule has 2 rings (SSSR count). The lowest BCUT2D eigenvalue weighted by molar-refractivity contribution is 0.0268. The lowest BCUT2D eigenvalue weighted by Gasteiger charge is -2.35. The molecule has 0 saturated heterocycles. The lowest BCUT2D eigenvalue weighted by Crippen LogP contribution is -2.46. The Morgan fingerprint density at radius 2 is 1.95 bits per heavy atom. The van der Waals surface area contributed by atoms with Gasteiger partial charge in [0.05, 0.1) is 12.1 Å². The van der Waals surface area contributed by atoms with Crippen molar-refractivity contribution >= 4 is 11.6 Å². The van der Waals surface area contributed by atoms with Crippen molar-refractivity contribution in [3.63, 3.8) is 0 Å². The molecule has 2 N–H and O–H groups in total. The number of hydrogen-bond donors (Lipinski definition) is 2. The second kappa shape index (κ2) is 6.75. The Labute approximate surface area is 120 Å². The van der Waals surface area contributed by atoms with E-state index < -0.39 is 6.10 Å². The van der Waals surface area contributed by atoms with Gasteiger partial charge in [0.1, 0.15) is 0 Å². The molecule has 0 aromatic heterocycles. The largest absolute Gasteiger partial charge is 0.391 e. The number of carbonyl (C=O) groups excluding carboxylic acids is 1. The summed E-state index contributed by atoms with van der Waals surface area (Å²) in [6.07, 6.45) is 3.43. The lowest BCUT2D eigenvalue weighted by atomic mass is 9.91. The van der Waals surface area contributed by atoms with E-state index in [1.807, 2.05) is 31.2 Å². The zero-order chi connectivity index (χ0) is 14.5. The molecule has 2 unspecified atom stereocenters. The van der Waals surface area contributed by atoms with Crippen LogP contribution in [0.1, 0.15) is 43.0 Å². The molecule has 1 aromatic carbocycles. The van der Waals surface area contributed by atoms with Crippen molar-refractivity contribution in [2.24, 2.45) is 0 Å². The number of aliphatic hydroxyl groups excluding tert-OH is 1. The van der Waals surface area contributed by atoms with Crippen LogP contribution in [0.3, 0.4) is 0 Å². The van der Waals surface area contributed by atoms with Gasteiger partial charge in [0, 0.05) is 24.8 Å². The van der Waals surface area contributed by atoms with E-state index in [-0.39, 0.29) is 11.9 Å². The highest BCUT2D eigenvalue weighted by molar-refractivity contribution is 5.94. The van der Waals surface area contributed by atoms with Gasteiger partial charge in [0.15, 0.2) is 0 Å². The molecular weight excluding hydrogens is 252 g/mol. The third kappa shape index (κ3) is 3.31. The number of nitrogens with zero attached hydrogens (tertiary/aromatic N) is 1. The molecule has 0 aliphatic heterocycles. The van der Waals surface area contributed by atoms with Crippen molar-refractivity contribution in [3.05, 3.63) is 29.8 Å². The molecule has 1 aliphatic rings. The van der Waals surface area contributed by atoms with Gasteiger partial charge in [-0.1, -0.05) is 12.8 Å². The van der Waals surface area contributed by atoms with Crippen molar-refractivity contribution in [1.82, 2.24) is 4.90 Å². The number of likely N-dealkylation sites (N-methyl/N-ethyl adjacent to an activating group) is 1. The highest BCUT2D eigenvalue weighted by atomic mass is 16.3. The van der Waals surface area contributed by atoms with Crippen LogP contribution in [0, 0.1) is 0 Å². The van der Waals surface area contributed by atoms with Gasteiger partial charge in [-0.15, -0.1) is 0 Å². The molecule has 2 atom stereocenters. The van der Waals surface area contributed by atoms with Gasteiger partial charge in [0.25, 0.3) is 5.91 Å². The Balaban J connectivity index is 2.05. The van der Waals surface area contributed by atoms with Crippen LogP contribution in [-0.2, 0) is 0 Å². The predicted octanol–water partition coefficient (Wildman–Crippen LogP) is 2.49. The first-order valence-electron chi connectivity index (χ1n) is 7.42. The summed E-state index contributed by atoms with van der Waals surface area (Å²) in [5.41, 5.74) is 1.69. The highest BCUT2D eigenvalue weighted by Gasteiger charge is 2.29. The Hall–Kier alpha value is -1.55. The highest BCUT2D eigenvalue weighted by Crippen LogP contribution is 2.23. The summed E-state index contributed by atoms with van der Waals surface area (Å²) in [6, 6.07) is 7.46. The number of carbonyl (C=O) groups is 1. The van der Waals surface area contributed by atoms with Crippen LogP contribution in [0.2, 0.25) is 0 Å². The van der Waals surface area contributed by atoms with Gasteiger partial charge >= 0.3 is 0 Å². The monoisotopic (exact) mass is 276 g/mol. The normalized spacial score (nSPS) is 22.4. The SMILES string of the molecule is CCNc1ccc(C(=O)N(C)C2CCCCC2O)cc1. The molecule has 1 aromatic rings. The average molecular weight is 276 g/mol. The molecule has 0 heterocycles. The van der Waals surface area contributed by atoms with Crippen molar-refractivity contribution in [2.75, 3.05) is 18.9 Å². The fraction of sp³-hybridized carbons (Fsp3) is 0.562. The van der Waals surface area contributed by atoms with Crippen LogP contribution in [0.5, 0.6) is 0 Å². The summed E-state index contributed by atoms with van der Waals surface area (Å²) in [5.74, 6) is -0.0148. The van der Waals surface area contributed by atoms with E-state index in [2.05, 4.69) is 5.32 Å². The third-order valence-electron chi connectivity index (χ3n) is 4.02. The van der Waals surface area contributed by atoms with E-state index >= 15 is 0 Å². The van der Waals surface area contributed by atoms with Crippen molar-refractivity contribution in [1.29, 1.82) is 0 Å². The summed E-state index contributed by atoms with van der Waals surface area (Å²) < 4.78 is 0. The number of nitrogens with one attached hydrogen (secondary N) is 1. The van der Waals surface area contributed by atoms with Crippen LogP contribution >= 0.6 is 0 Å². The second-order valence-corrected chi connectivity index (χ2v) is 5.44. The Kier molecular flexibility index (Phi) is 5.01. The molecule has 4 heteroatoms. The first-order valence-corrected chi connectivity index (χ1v) is 7.42. The topological polar surface area (TPSA) is 52.6 Å². The summed E-state index contributed by atoms with van der Waals surface area (Å²) in [7, 11) is 1.79. The quantitative estimate of drug-likeness (QED) is 0.888. The van der Waals surface area contributed by atoms with Crippen LogP contribution in [0.4, 0.5) is 5.69 Å². The van der Waals surface area contributed by atoms with E-state index in [4.69, 9.17) is 0 Å². The van der Waals surface area contributed by atoms with E-state index in [9.17, 15) is 9.90 Å². The van der Waals surface area contributed by atoms with Crippen molar-refractivity contribution in [2.45, 2.75) is 44.8 Å². The van der Waals surface area contributed by atoms with E-state index in [0.29, 0.717) is 5.56 Å². The average Bonchev–Trinajstić information content (AvgIpc) is 2.47. The van der Waals surface area contributed by atoms with Crippen LogP contribution in [0.15, 0.2) is 24.3 Å². The van der Waals surface area contributed by atoms with Gasteiger partial charge < -0.3 is 15.3 Å². The maximum absolute atomic E-state index is 12.5. The van der Waals surface area contributed by atoms with Gasteiger partial charge in [-0.2, -0.15) is 0 Å². The molecule has 1 amide bonds. The van der Waals surface area contributed by atoms with Crippen molar-refractivity contribution < 1.29 is 9.90 Å². The zero-order valence-electron chi connectivity index (χ0n) is 12.3. The van der Waals surface area contributed by atoms with E-state index in [0.717, 1.165) is 37.9 Å². The third-order valence-corrected chi connectivity index (χ3v) is 4.02. The molecule has 1 aliphatic carbocycles. The molecule has 110 valence electrons. The Bertz CT molecular complexity index is 444. The van der Waals surface area contributed by atoms with Crippen LogP contribution < -0.4 is 5.32 Å². The second-order valence-electron chi connectivity index (χ2n) is 5.44. The molecule has 1 fully saturated rings. The fourth-order valence-electron chi connectivity index (χ4n) is 2.83. The predicted molar refractivity (Wildman–Crippen MR) is 81.0 cm³/mol. The maximum atomic E-state index is 12.5. The van der Waals surface area contributed by atoms with Crippen LogP contribution in [-0.4, -0.2) is 41.7 Å². The first kappa shape index (κ1) is 14.9. The number of amides is 1. The van der Waals surface area contributed by atoms with Gasteiger partial charge in [-0.3, -0.25) is 4.79 Å². The van der Waals surface area contributed by atoms with Gasteiger partial charge in [-0.25, -0.2) is 0 Å². The number of anilines is 1. The number of benzene rings is 1. The molecule has 0 bridgehead atoms. The van der Waals surface area contributed by atoms with E-state index in [1.54, 1.807) is 11.9 Å². The summed E-state index contributed by atoms with van der Waals surface area (Å²) >= 11 is 0.